The minimum absolute atomic E-state index is 0.199. The molecule has 1 aliphatic carbocycles. The molecule has 3 heteroatoms. The quantitative estimate of drug-likeness (QED) is 0.867. The van der Waals surface area contributed by atoms with Gasteiger partial charge in [0, 0.05) is 18.5 Å². The minimum atomic E-state index is 0.199. The lowest BCUT2D eigenvalue weighted by Gasteiger charge is -2.30. The van der Waals surface area contributed by atoms with Crippen LogP contribution in [0.5, 0.6) is 0 Å². The molecule has 0 aromatic carbocycles. The van der Waals surface area contributed by atoms with Crippen LogP contribution in [0.1, 0.15) is 44.8 Å². The largest absolute Gasteiger partial charge is 0.469 e. The third kappa shape index (κ3) is 3.61. The van der Waals surface area contributed by atoms with Gasteiger partial charge in [-0.1, -0.05) is 12.8 Å². The zero-order chi connectivity index (χ0) is 12.8. The second-order valence-electron chi connectivity index (χ2n) is 5.31. The third-order valence-corrected chi connectivity index (χ3v) is 3.83. The van der Waals surface area contributed by atoms with E-state index in [2.05, 4.69) is 18.3 Å². The van der Waals surface area contributed by atoms with Gasteiger partial charge in [-0.3, -0.25) is 0 Å². The first-order chi connectivity index (χ1) is 8.79. The molecule has 1 saturated carbocycles. The van der Waals surface area contributed by atoms with Crippen LogP contribution >= 0.6 is 0 Å². The highest BCUT2D eigenvalue weighted by atomic mass is 16.3. The Labute approximate surface area is 109 Å². The highest BCUT2D eigenvalue weighted by Gasteiger charge is 2.25. The van der Waals surface area contributed by atoms with Gasteiger partial charge in [-0.25, -0.2) is 0 Å². The van der Waals surface area contributed by atoms with Gasteiger partial charge in [0.2, 0.25) is 0 Å². The molecule has 1 N–H and O–H groups in total. The SMILES string of the molecule is CC(CCc1ccco1)NC1CCCCC1C#N. The Balaban J connectivity index is 1.76. The molecule has 0 aliphatic heterocycles. The van der Waals surface area contributed by atoms with Crippen LogP contribution in [0.3, 0.4) is 0 Å². The summed E-state index contributed by atoms with van der Waals surface area (Å²) in [5, 5.41) is 12.8. The van der Waals surface area contributed by atoms with Crippen LogP contribution in [0.2, 0.25) is 0 Å². The van der Waals surface area contributed by atoms with Gasteiger partial charge in [-0.05, 0) is 38.3 Å². The van der Waals surface area contributed by atoms with Crippen molar-refractivity contribution in [1.82, 2.24) is 5.32 Å². The van der Waals surface area contributed by atoms with E-state index in [4.69, 9.17) is 9.68 Å². The van der Waals surface area contributed by atoms with Gasteiger partial charge >= 0.3 is 0 Å². The van der Waals surface area contributed by atoms with Gasteiger partial charge in [-0.2, -0.15) is 5.26 Å². The van der Waals surface area contributed by atoms with Gasteiger partial charge in [0.1, 0.15) is 5.76 Å². The monoisotopic (exact) mass is 246 g/mol. The second kappa shape index (κ2) is 6.61. The van der Waals surface area contributed by atoms with E-state index in [0.717, 1.165) is 31.4 Å². The van der Waals surface area contributed by atoms with Gasteiger partial charge in [-0.15, -0.1) is 0 Å². The van der Waals surface area contributed by atoms with E-state index in [-0.39, 0.29) is 5.92 Å². The molecule has 3 unspecified atom stereocenters. The molecular weight excluding hydrogens is 224 g/mol. The fourth-order valence-corrected chi connectivity index (χ4v) is 2.75. The Morgan fingerprint density at radius 1 is 1.50 bits per heavy atom. The molecule has 1 heterocycles. The summed E-state index contributed by atoms with van der Waals surface area (Å²) in [6.07, 6.45) is 8.40. The van der Waals surface area contributed by atoms with Crippen molar-refractivity contribution in [1.29, 1.82) is 5.26 Å². The minimum Gasteiger partial charge on any atom is -0.469 e. The Morgan fingerprint density at radius 2 is 2.33 bits per heavy atom. The molecule has 0 radical (unpaired) electrons. The Hall–Kier alpha value is -1.27. The van der Waals surface area contributed by atoms with E-state index in [0.29, 0.717) is 12.1 Å². The first kappa shape index (κ1) is 13.2. The summed E-state index contributed by atoms with van der Waals surface area (Å²) in [7, 11) is 0. The molecule has 0 bridgehead atoms. The van der Waals surface area contributed by atoms with E-state index in [1.165, 1.54) is 12.8 Å². The smallest absolute Gasteiger partial charge is 0.103 e. The van der Waals surface area contributed by atoms with Crippen LogP contribution in [-0.2, 0) is 6.42 Å². The maximum absolute atomic E-state index is 9.15. The van der Waals surface area contributed by atoms with Crippen molar-refractivity contribution >= 4 is 0 Å². The zero-order valence-electron chi connectivity index (χ0n) is 11.1. The number of hydrogen-bond donors (Lipinski definition) is 1. The van der Waals surface area contributed by atoms with Crippen LogP contribution in [0.25, 0.3) is 0 Å². The molecule has 1 fully saturated rings. The highest BCUT2D eigenvalue weighted by Crippen LogP contribution is 2.24. The van der Waals surface area contributed by atoms with Crippen LogP contribution in [-0.4, -0.2) is 12.1 Å². The highest BCUT2D eigenvalue weighted by molar-refractivity contribution is 4.99. The molecule has 0 spiro atoms. The molecule has 1 aromatic heterocycles. The van der Waals surface area contributed by atoms with Crippen LogP contribution in [0, 0.1) is 17.2 Å². The molecule has 0 saturated heterocycles. The molecule has 2 rings (SSSR count). The third-order valence-electron chi connectivity index (χ3n) is 3.83. The summed E-state index contributed by atoms with van der Waals surface area (Å²) in [5.41, 5.74) is 0. The Morgan fingerprint density at radius 3 is 3.06 bits per heavy atom. The molecule has 98 valence electrons. The van der Waals surface area contributed by atoms with Gasteiger partial charge < -0.3 is 9.73 Å². The predicted molar refractivity (Wildman–Crippen MR) is 71.0 cm³/mol. The number of rotatable bonds is 5. The Kier molecular flexibility index (Phi) is 4.83. The van der Waals surface area contributed by atoms with E-state index in [1.54, 1.807) is 6.26 Å². The summed E-state index contributed by atoms with van der Waals surface area (Å²) >= 11 is 0. The van der Waals surface area contributed by atoms with Crippen molar-refractivity contribution in [2.24, 2.45) is 5.92 Å². The summed E-state index contributed by atoms with van der Waals surface area (Å²) in [5.74, 6) is 1.24. The predicted octanol–water partition coefficient (Wildman–Crippen LogP) is 3.27. The van der Waals surface area contributed by atoms with Gasteiger partial charge in [0.15, 0.2) is 0 Å². The van der Waals surface area contributed by atoms with Crippen molar-refractivity contribution in [2.75, 3.05) is 0 Å². The lowest BCUT2D eigenvalue weighted by atomic mass is 9.85. The maximum Gasteiger partial charge on any atom is 0.103 e. The zero-order valence-corrected chi connectivity index (χ0v) is 11.1. The number of nitrogens with zero attached hydrogens (tertiary/aromatic N) is 1. The normalized spacial score (nSPS) is 25.6. The average Bonchev–Trinajstić information content (AvgIpc) is 2.90. The average molecular weight is 246 g/mol. The van der Waals surface area contributed by atoms with Crippen LogP contribution in [0.15, 0.2) is 22.8 Å². The number of aryl methyl sites for hydroxylation is 1. The van der Waals surface area contributed by atoms with E-state index < -0.39 is 0 Å². The number of hydrogen-bond acceptors (Lipinski definition) is 3. The summed E-state index contributed by atoms with van der Waals surface area (Å²) in [4.78, 5) is 0. The lowest BCUT2D eigenvalue weighted by molar-refractivity contribution is 0.284. The van der Waals surface area contributed by atoms with Crippen molar-refractivity contribution in [2.45, 2.75) is 57.5 Å². The summed E-state index contributed by atoms with van der Waals surface area (Å²) < 4.78 is 5.34. The molecule has 1 aliphatic rings. The van der Waals surface area contributed by atoms with Crippen molar-refractivity contribution in [3.05, 3.63) is 24.2 Å². The van der Waals surface area contributed by atoms with Crippen LogP contribution in [0.4, 0.5) is 0 Å². The standard InChI is InChI=1S/C15H22N2O/c1-12(8-9-14-6-4-10-18-14)17-15-7-3-2-5-13(15)11-16/h4,6,10,12-13,15,17H,2-3,5,7-9H2,1H3. The molecular formula is C15H22N2O. The topological polar surface area (TPSA) is 49.0 Å². The number of nitriles is 1. The van der Waals surface area contributed by atoms with Gasteiger partial charge in [0.25, 0.3) is 0 Å². The first-order valence-corrected chi connectivity index (χ1v) is 6.97. The number of nitrogens with one attached hydrogen (secondary N) is 1. The van der Waals surface area contributed by atoms with Crippen LogP contribution < -0.4 is 5.32 Å². The van der Waals surface area contributed by atoms with Gasteiger partial charge in [0.05, 0.1) is 18.3 Å². The molecule has 18 heavy (non-hydrogen) atoms. The Bertz CT molecular complexity index is 380. The molecule has 0 amide bonds. The van der Waals surface area contributed by atoms with Crippen molar-refractivity contribution < 1.29 is 4.42 Å². The molecule has 3 atom stereocenters. The van der Waals surface area contributed by atoms with E-state index in [9.17, 15) is 0 Å². The van der Waals surface area contributed by atoms with Crippen molar-refractivity contribution in [3.8, 4) is 6.07 Å². The fraction of sp³-hybridized carbons (Fsp3) is 0.667. The summed E-state index contributed by atoms with van der Waals surface area (Å²) in [6.45, 7) is 2.20. The fourth-order valence-electron chi connectivity index (χ4n) is 2.75. The number of furan rings is 1. The summed E-state index contributed by atoms with van der Waals surface area (Å²) in [6, 6.07) is 7.22. The lowest BCUT2D eigenvalue weighted by Crippen LogP contribution is -2.43. The van der Waals surface area contributed by atoms with Crippen molar-refractivity contribution in [3.63, 3.8) is 0 Å². The van der Waals surface area contributed by atoms with E-state index in [1.807, 2.05) is 12.1 Å². The molecule has 3 nitrogen and oxygen atoms in total. The maximum atomic E-state index is 9.15. The second-order valence-corrected chi connectivity index (χ2v) is 5.31. The van der Waals surface area contributed by atoms with E-state index >= 15 is 0 Å². The first-order valence-electron chi connectivity index (χ1n) is 6.97. The molecule has 1 aromatic rings.